The highest BCUT2D eigenvalue weighted by atomic mass is 16.2. The number of nitrogens with zero attached hydrogens (tertiary/aromatic N) is 1. The van der Waals surface area contributed by atoms with Crippen LogP contribution in [-0.4, -0.2) is 18.5 Å². The standard InChI is InChI=1S/C14H16N2O/c1-3-10-5-6-13-11(9-10)7-8-16(13)14(17)12(15)4-2/h1,5-6,9,12H,4,7-8,15H2,2H3/t12-/m0/s1. The van der Waals surface area contributed by atoms with Gasteiger partial charge in [-0.2, -0.15) is 0 Å². The number of carbonyl (C=O) groups excluding carboxylic acids is 1. The molecule has 0 unspecified atom stereocenters. The van der Waals surface area contributed by atoms with E-state index in [0.717, 1.165) is 23.2 Å². The summed E-state index contributed by atoms with van der Waals surface area (Å²) in [7, 11) is 0. The van der Waals surface area contributed by atoms with E-state index in [0.29, 0.717) is 13.0 Å². The summed E-state index contributed by atoms with van der Waals surface area (Å²) in [5.41, 5.74) is 8.74. The monoisotopic (exact) mass is 228 g/mol. The number of fused-ring (bicyclic) bond motifs is 1. The molecule has 0 spiro atoms. The lowest BCUT2D eigenvalue weighted by atomic mass is 10.1. The van der Waals surface area contributed by atoms with Gasteiger partial charge in [0.05, 0.1) is 6.04 Å². The Morgan fingerprint density at radius 2 is 2.41 bits per heavy atom. The Bertz CT molecular complexity index is 487. The van der Waals surface area contributed by atoms with E-state index in [9.17, 15) is 4.79 Å². The predicted molar refractivity (Wildman–Crippen MR) is 68.7 cm³/mol. The number of hydrogen-bond donors (Lipinski definition) is 1. The minimum Gasteiger partial charge on any atom is -0.320 e. The first-order valence-corrected chi connectivity index (χ1v) is 5.84. The van der Waals surface area contributed by atoms with Crippen molar-refractivity contribution in [1.29, 1.82) is 0 Å². The average Bonchev–Trinajstić information content (AvgIpc) is 2.79. The van der Waals surface area contributed by atoms with E-state index in [4.69, 9.17) is 12.2 Å². The van der Waals surface area contributed by atoms with Crippen molar-refractivity contribution in [2.75, 3.05) is 11.4 Å². The van der Waals surface area contributed by atoms with E-state index in [2.05, 4.69) is 5.92 Å². The predicted octanol–water partition coefficient (Wildman–Crippen LogP) is 1.29. The molecule has 2 N–H and O–H groups in total. The molecule has 0 bridgehead atoms. The average molecular weight is 228 g/mol. The molecule has 3 heteroatoms. The second-order valence-corrected chi connectivity index (χ2v) is 4.24. The van der Waals surface area contributed by atoms with Crippen molar-refractivity contribution in [2.45, 2.75) is 25.8 Å². The molecule has 1 atom stereocenters. The van der Waals surface area contributed by atoms with Crippen molar-refractivity contribution >= 4 is 11.6 Å². The first-order valence-electron chi connectivity index (χ1n) is 5.84. The highest BCUT2D eigenvalue weighted by molar-refractivity contribution is 5.98. The molecule has 88 valence electrons. The van der Waals surface area contributed by atoms with Gasteiger partial charge in [-0.3, -0.25) is 4.79 Å². The van der Waals surface area contributed by atoms with Crippen LogP contribution in [0.4, 0.5) is 5.69 Å². The number of amides is 1. The molecule has 1 aliphatic heterocycles. The quantitative estimate of drug-likeness (QED) is 0.775. The van der Waals surface area contributed by atoms with Crippen LogP contribution in [0.3, 0.4) is 0 Å². The van der Waals surface area contributed by atoms with Gasteiger partial charge in [0, 0.05) is 17.8 Å². The van der Waals surface area contributed by atoms with Crippen LogP contribution in [0.15, 0.2) is 18.2 Å². The lowest BCUT2D eigenvalue weighted by Gasteiger charge is -2.20. The zero-order valence-corrected chi connectivity index (χ0v) is 9.94. The van der Waals surface area contributed by atoms with E-state index in [-0.39, 0.29) is 5.91 Å². The summed E-state index contributed by atoms with van der Waals surface area (Å²) < 4.78 is 0. The second kappa shape index (κ2) is 4.60. The Morgan fingerprint density at radius 3 is 3.06 bits per heavy atom. The molecule has 2 rings (SSSR count). The van der Waals surface area contributed by atoms with E-state index >= 15 is 0 Å². The van der Waals surface area contributed by atoms with E-state index in [1.807, 2.05) is 25.1 Å². The van der Waals surface area contributed by atoms with Crippen LogP contribution in [0.5, 0.6) is 0 Å². The molecule has 3 nitrogen and oxygen atoms in total. The van der Waals surface area contributed by atoms with Crippen molar-refractivity contribution in [3.63, 3.8) is 0 Å². The molecule has 1 amide bonds. The number of benzene rings is 1. The Kier molecular flexibility index (Phi) is 3.16. The smallest absolute Gasteiger partial charge is 0.243 e. The number of anilines is 1. The summed E-state index contributed by atoms with van der Waals surface area (Å²) >= 11 is 0. The highest BCUT2D eigenvalue weighted by Gasteiger charge is 2.27. The van der Waals surface area contributed by atoms with Gasteiger partial charge < -0.3 is 10.6 Å². The number of nitrogens with two attached hydrogens (primary N) is 1. The maximum atomic E-state index is 12.1. The van der Waals surface area contributed by atoms with Gasteiger partial charge in [-0.05, 0) is 36.6 Å². The molecular formula is C14H16N2O. The van der Waals surface area contributed by atoms with Gasteiger partial charge in [0.1, 0.15) is 0 Å². The normalized spacial score (nSPS) is 15.2. The van der Waals surface area contributed by atoms with Gasteiger partial charge in [-0.15, -0.1) is 6.42 Å². The summed E-state index contributed by atoms with van der Waals surface area (Å²) in [5.74, 6) is 2.61. The minimum atomic E-state index is -0.409. The maximum absolute atomic E-state index is 12.1. The maximum Gasteiger partial charge on any atom is 0.243 e. The van der Waals surface area contributed by atoms with Gasteiger partial charge in [-0.25, -0.2) is 0 Å². The van der Waals surface area contributed by atoms with E-state index in [1.54, 1.807) is 4.90 Å². The van der Waals surface area contributed by atoms with Crippen LogP contribution in [0.2, 0.25) is 0 Å². The zero-order valence-electron chi connectivity index (χ0n) is 9.94. The van der Waals surface area contributed by atoms with Crippen LogP contribution >= 0.6 is 0 Å². The fourth-order valence-corrected chi connectivity index (χ4v) is 2.10. The fourth-order valence-electron chi connectivity index (χ4n) is 2.10. The Labute approximate surface area is 102 Å². The highest BCUT2D eigenvalue weighted by Crippen LogP contribution is 2.29. The molecule has 0 saturated carbocycles. The van der Waals surface area contributed by atoms with Crippen molar-refractivity contribution in [1.82, 2.24) is 0 Å². The Balaban J connectivity index is 2.29. The van der Waals surface area contributed by atoms with Crippen molar-refractivity contribution in [3.05, 3.63) is 29.3 Å². The summed E-state index contributed by atoms with van der Waals surface area (Å²) in [6.45, 7) is 2.62. The summed E-state index contributed by atoms with van der Waals surface area (Å²) in [6.07, 6.45) is 6.87. The van der Waals surface area contributed by atoms with E-state index < -0.39 is 6.04 Å². The van der Waals surface area contributed by atoms with Crippen LogP contribution in [0.25, 0.3) is 0 Å². The van der Waals surface area contributed by atoms with Gasteiger partial charge in [-0.1, -0.05) is 12.8 Å². The first-order chi connectivity index (χ1) is 8.17. The third kappa shape index (κ3) is 2.04. The van der Waals surface area contributed by atoms with Crippen LogP contribution in [-0.2, 0) is 11.2 Å². The van der Waals surface area contributed by atoms with Crippen LogP contribution in [0, 0.1) is 12.3 Å². The van der Waals surface area contributed by atoms with Crippen molar-refractivity contribution < 1.29 is 4.79 Å². The first kappa shape index (κ1) is 11.7. The lowest BCUT2D eigenvalue weighted by Crippen LogP contribution is -2.42. The topological polar surface area (TPSA) is 46.3 Å². The SMILES string of the molecule is C#Cc1ccc2c(c1)CCN2C(=O)[C@@H](N)CC. The molecule has 17 heavy (non-hydrogen) atoms. The molecule has 0 aliphatic carbocycles. The molecular weight excluding hydrogens is 212 g/mol. The molecule has 1 heterocycles. The third-order valence-electron chi connectivity index (χ3n) is 3.16. The molecule has 0 saturated heterocycles. The zero-order chi connectivity index (χ0) is 12.4. The summed E-state index contributed by atoms with van der Waals surface area (Å²) in [6, 6.07) is 5.34. The Morgan fingerprint density at radius 1 is 1.65 bits per heavy atom. The van der Waals surface area contributed by atoms with Gasteiger partial charge in [0.15, 0.2) is 0 Å². The van der Waals surface area contributed by atoms with Crippen molar-refractivity contribution in [3.8, 4) is 12.3 Å². The molecule has 1 aromatic carbocycles. The molecule has 0 radical (unpaired) electrons. The van der Waals surface area contributed by atoms with Crippen LogP contribution < -0.4 is 10.6 Å². The fraction of sp³-hybridized carbons (Fsp3) is 0.357. The van der Waals surface area contributed by atoms with E-state index in [1.165, 1.54) is 0 Å². The Hall–Kier alpha value is -1.79. The summed E-state index contributed by atoms with van der Waals surface area (Å²) in [5, 5.41) is 0. The van der Waals surface area contributed by atoms with Gasteiger partial charge >= 0.3 is 0 Å². The van der Waals surface area contributed by atoms with Gasteiger partial charge in [0.2, 0.25) is 5.91 Å². The van der Waals surface area contributed by atoms with Crippen molar-refractivity contribution in [2.24, 2.45) is 5.73 Å². The molecule has 0 aromatic heterocycles. The molecule has 1 aliphatic rings. The number of carbonyl (C=O) groups is 1. The number of terminal acetylenes is 1. The second-order valence-electron chi connectivity index (χ2n) is 4.24. The largest absolute Gasteiger partial charge is 0.320 e. The number of hydrogen-bond acceptors (Lipinski definition) is 2. The third-order valence-corrected chi connectivity index (χ3v) is 3.16. The molecule has 1 aromatic rings. The van der Waals surface area contributed by atoms with Gasteiger partial charge in [0.25, 0.3) is 0 Å². The number of rotatable bonds is 2. The lowest BCUT2D eigenvalue weighted by molar-refractivity contribution is -0.119. The molecule has 0 fully saturated rings. The minimum absolute atomic E-state index is 0.000271. The summed E-state index contributed by atoms with van der Waals surface area (Å²) in [4.78, 5) is 13.8. The van der Waals surface area contributed by atoms with Crippen LogP contribution in [0.1, 0.15) is 24.5 Å².